The van der Waals surface area contributed by atoms with Gasteiger partial charge in [0.1, 0.15) is 17.5 Å². The summed E-state index contributed by atoms with van der Waals surface area (Å²) in [6, 6.07) is 3.90. The van der Waals surface area contributed by atoms with Crippen LogP contribution in [0.4, 0.5) is 5.69 Å². The van der Waals surface area contributed by atoms with E-state index in [-0.39, 0.29) is 11.6 Å². The van der Waals surface area contributed by atoms with Crippen molar-refractivity contribution in [2.45, 2.75) is 13.0 Å². The van der Waals surface area contributed by atoms with Gasteiger partial charge in [-0.05, 0) is 19.1 Å². The molecule has 1 aromatic carbocycles. The Morgan fingerprint density at radius 1 is 1.24 bits per heavy atom. The van der Waals surface area contributed by atoms with Crippen LogP contribution in [-0.2, 0) is 19.6 Å². The Morgan fingerprint density at radius 3 is 2.40 bits per heavy atom. The zero-order valence-electron chi connectivity index (χ0n) is 14.9. The molecule has 0 aromatic heterocycles. The van der Waals surface area contributed by atoms with E-state index in [1.165, 1.54) is 14.2 Å². The zero-order valence-corrected chi connectivity index (χ0v) is 15.7. The number of methoxy groups -OCH3 is 2. The molecule has 8 nitrogen and oxygen atoms in total. The summed E-state index contributed by atoms with van der Waals surface area (Å²) in [5.41, 5.74) is 0.262. The highest BCUT2D eigenvalue weighted by atomic mass is 32.2. The number of amides is 1. The highest BCUT2D eigenvalue weighted by molar-refractivity contribution is 7.92. The van der Waals surface area contributed by atoms with Crippen LogP contribution >= 0.6 is 0 Å². The first-order chi connectivity index (χ1) is 11.8. The van der Waals surface area contributed by atoms with Gasteiger partial charge in [0.25, 0.3) is 0 Å². The third-order valence-electron chi connectivity index (χ3n) is 4.01. The van der Waals surface area contributed by atoms with Gasteiger partial charge in [-0.3, -0.25) is 9.10 Å². The third kappa shape index (κ3) is 4.35. The summed E-state index contributed by atoms with van der Waals surface area (Å²) in [7, 11) is -0.810. The molecule has 25 heavy (non-hydrogen) atoms. The highest BCUT2D eigenvalue weighted by Gasteiger charge is 2.34. The van der Waals surface area contributed by atoms with Crippen LogP contribution in [0.25, 0.3) is 0 Å². The van der Waals surface area contributed by atoms with Crippen LogP contribution < -0.4 is 13.8 Å². The fourth-order valence-corrected chi connectivity index (χ4v) is 3.96. The van der Waals surface area contributed by atoms with Gasteiger partial charge in [-0.1, -0.05) is 0 Å². The Labute approximate surface area is 148 Å². The molecule has 1 aliphatic heterocycles. The van der Waals surface area contributed by atoms with Gasteiger partial charge in [-0.2, -0.15) is 0 Å². The predicted octanol–water partition coefficient (Wildman–Crippen LogP) is 0.717. The molecule has 0 saturated carbocycles. The summed E-state index contributed by atoms with van der Waals surface area (Å²) >= 11 is 0. The Hall–Kier alpha value is -2.00. The summed E-state index contributed by atoms with van der Waals surface area (Å²) in [6.45, 7) is 3.34. The fraction of sp³-hybridized carbons (Fsp3) is 0.562. The van der Waals surface area contributed by atoms with E-state index in [1.807, 2.05) is 0 Å². The molecule has 9 heteroatoms. The number of carbonyl (C=O) groups excluding carboxylic acids is 1. The first-order valence-corrected chi connectivity index (χ1v) is 9.72. The van der Waals surface area contributed by atoms with Gasteiger partial charge in [-0.25, -0.2) is 8.42 Å². The van der Waals surface area contributed by atoms with Gasteiger partial charge in [-0.15, -0.1) is 0 Å². The number of anilines is 1. The van der Waals surface area contributed by atoms with E-state index in [4.69, 9.17) is 14.2 Å². The topological polar surface area (TPSA) is 85.4 Å². The zero-order chi connectivity index (χ0) is 18.6. The number of hydrogen-bond acceptors (Lipinski definition) is 6. The molecule has 1 saturated heterocycles. The quantitative estimate of drug-likeness (QED) is 0.731. The van der Waals surface area contributed by atoms with Crippen LogP contribution in [0.2, 0.25) is 0 Å². The van der Waals surface area contributed by atoms with E-state index in [2.05, 4.69) is 0 Å². The minimum absolute atomic E-state index is 0.262. The molecule has 0 bridgehead atoms. The molecule has 0 radical (unpaired) electrons. The Kier molecular flexibility index (Phi) is 6.12. The van der Waals surface area contributed by atoms with E-state index in [9.17, 15) is 13.2 Å². The van der Waals surface area contributed by atoms with Gasteiger partial charge < -0.3 is 19.1 Å². The van der Waals surface area contributed by atoms with Crippen molar-refractivity contribution in [2.24, 2.45) is 0 Å². The molecule has 1 atom stereocenters. The fourth-order valence-electron chi connectivity index (χ4n) is 2.79. The van der Waals surface area contributed by atoms with Crippen molar-refractivity contribution >= 4 is 21.6 Å². The molecule has 0 N–H and O–H groups in total. The van der Waals surface area contributed by atoms with Crippen LogP contribution in [0.15, 0.2) is 18.2 Å². The molecular formula is C16H24N2O6S. The number of morpholine rings is 1. The lowest BCUT2D eigenvalue weighted by Gasteiger charge is -2.34. The van der Waals surface area contributed by atoms with Crippen LogP contribution in [-0.4, -0.2) is 72.0 Å². The summed E-state index contributed by atoms with van der Waals surface area (Å²) in [5, 5.41) is 0. The molecule has 2 rings (SSSR count). The maximum atomic E-state index is 12.8. The predicted molar refractivity (Wildman–Crippen MR) is 93.7 cm³/mol. The Bertz CT molecular complexity index is 715. The van der Waals surface area contributed by atoms with E-state index >= 15 is 0 Å². The number of carbonyl (C=O) groups is 1. The molecule has 140 valence electrons. The van der Waals surface area contributed by atoms with Crippen molar-refractivity contribution in [3.63, 3.8) is 0 Å². The van der Waals surface area contributed by atoms with Gasteiger partial charge in [0.15, 0.2) is 0 Å². The first-order valence-electron chi connectivity index (χ1n) is 7.87. The Balaban J connectivity index is 2.44. The molecule has 1 fully saturated rings. The van der Waals surface area contributed by atoms with Crippen LogP contribution in [0.1, 0.15) is 6.92 Å². The standard InChI is InChI=1S/C16H24N2O6S/c1-12(16(19)17-7-9-24-10-8-17)18(25(4,20)21)14-11-13(22-2)5-6-15(14)23-3/h5-6,11-12H,7-10H2,1-4H3/t12-/m0/s1. The van der Waals surface area contributed by atoms with Gasteiger partial charge in [0.2, 0.25) is 15.9 Å². The van der Waals surface area contributed by atoms with Crippen molar-refractivity contribution < 1.29 is 27.4 Å². The summed E-state index contributed by atoms with van der Waals surface area (Å²) in [4.78, 5) is 14.4. The van der Waals surface area contributed by atoms with Crippen molar-refractivity contribution in [1.29, 1.82) is 0 Å². The number of ether oxygens (including phenoxy) is 3. The largest absolute Gasteiger partial charge is 0.497 e. The van der Waals surface area contributed by atoms with E-state index in [0.29, 0.717) is 37.8 Å². The third-order valence-corrected chi connectivity index (χ3v) is 5.24. The molecule has 0 unspecified atom stereocenters. The molecular weight excluding hydrogens is 348 g/mol. The number of nitrogens with zero attached hydrogens (tertiary/aromatic N) is 2. The first kappa shape index (κ1) is 19.3. The van der Waals surface area contributed by atoms with Crippen LogP contribution in [0, 0.1) is 0 Å². The van der Waals surface area contributed by atoms with E-state index in [1.54, 1.807) is 30.0 Å². The van der Waals surface area contributed by atoms with Crippen molar-refractivity contribution in [2.75, 3.05) is 51.1 Å². The van der Waals surface area contributed by atoms with Crippen molar-refractivity contribution in [1.82, 2.24) is 4.90 Å². The molecule has 0 spiro atoms. The van der Waals surface area contributed by atoms with Crippen LogP contribution in [0.3, 0.4) is 0 Å². The maximum absolute atomic E-state index is 12.8. The van der Waals surface area contributed by atoms with Gasteiger partial charge in [0.05, 0.1) is 39.4 Å². The molecule has 0 aliphatic carbocycles. The highest BCUT2D eigenvalue weighted by Crippen LogP contribution is 2.35. The van der Waals surface area contributed by atoms with E-state index in [0.717, 1.165) is 10.6 Å². The molecule has 1 aliphatic rings. The number of hydrogen-bond donors (Lipinski definition) is 0. The van der Waals surface area contributed by atoms with Gasteiger partial charge in [0, 0.05) is 19.2 Å². The second kappa shape index (κ2) is 7.92. The lowest BCUT2D eigenvalue weighted by Crippen LogP contribution is -2.52. The average molecular weight is 372 g/mol. The second-order valence-electron chi connectivity index (χ2n) is 5.71. The molecule has 1 aromatic rings. The summed E-state index contributed by atoms with van der Waals surface area (Å²) < 4.78 is 41.7. The summed E-state index contributed by atoms with van der Waals surface area (Å²) in [6.07, 6.45) is 1.06. The van der Waals surface area contributed by atoms with E-state index < -0.39 is 16.1 Å². The summed E-state index contributed by atoms with van der Waals surface area (Å²) in [5.74, 6) is 0.530. The minimum Gasteiger partial charge on any atom is -0.497 e. The second-order valence-corrected chi connectivity index (χ2v) is 7.57. The van der Waals surface area contributed by atoms with Crippen LogP contribution in [0.5, 0.6) is 11.5 Å². The molecule has 1 amide bonds. The van der Waals surface area contributed by atoms with Crippen molar-refractivity contribution in [3.8, 4) is 11.5 Å². The smallest absolute Gasteiger partial charge is 0.246 e. The lowest BCUT2D eigenvalue weighted by atomic mass is 10.2. The molecule has 1 heterocycles. The Morgan fingerprint density at radius 2 is 1.88 bits per heavy atom. The number of rotatable bonds is 6. The number of sulfonamides is 1. The minimum atomic E-state index is -3.74. The average Bonchev–Trinajstić information content (AvgIpc) is 2.60. The van der Waals surface area contributed by atoms with Gasteiger partial charge >= 0.3 is 0 Å². The number of benzene rings is 1. The normalized spacial score (nSPS) is 16.2. The van der Waals surface area contributed by atoms with Crippen molar-refractivity contribution in [3.05, 3.63) is 18.2 Å². The SMILES string of the molecule is COc1ccc(OC)c(N([C@@H](C)C(=O)N2CCOCC2)S(C)(=O)=O)c1. The monoisotopic (exact) mass is 372 g/mol. The lowest BCUT2D eigenvalue weighted by molar-refractivity contribution is -0.136. The maximum Gasteiger partial charge on any atom is 0.246 e.